The van der Waals surface area contributed by atoms with Gasteiger partial charge in [-0.2, -0.15) is 0 Å². The van der Waals surface area contributed by atoms with Gasteiger partial charge in [-0.25, -0.2) is 0 Å². The normalized spacial score (nSPS) is 11.0. The lowest BCUT2D eigenvalue weighted by molar-refractivity contribution is 1.25. The van der Waals surface area contributed by atoms with Crippen molar-refractivity contribution in [2.75, 3.05) is 4.72 Å². The molecule has 3 rings (SSSR count). The number of benzene rings is 2. The number of fused-ring (bicyclic) bond motifs is 1. The minimum absolute atomic E-state index is 0.558. The molecular formula is C17H17ClN2S. The predicted octanol–water partition coefficient (Wildman–Crippen LogP) is 5.64. The molecule has 1 heterocycles. The maximum Gasteiger partial charge on any atom is 0.0474 e. The summed E-state index contributed by atoms with van der Waals surface area (Å²) in [7, 11) is 0. The summed E-state index contributed by atoms with van der Waals surface area (Å²) in [5.41, 5.74) is 5.85. The van der Waals surface area contributed by atoms with E-state index in [-0.39, 0.29) is 0 Å². The van der Waals surface area contributed by atoms with Crippen LogP contribution >= 0.6 is 23.5 Å². The number of aromatic amines is 1. The average molecular weight is 317 g/mol. The molecule has 0 fully saturated rings. The van der Waals surface area contributed by atoms with Gasteiger partial charge in [0.05, 0.1) is 0 Å². The zero-order valence-electron chi connectivity index (χ0n) is 12.0. The molecule has 2 nitrogen and oxygen atoms in total. The fourth-order valence-corrected chi connectivity index (χ4v) is 3.24. The van der Waals surface area contributed by atoms with Crippen molar-refractivity contribution in [1.82, 2.24) is 4.98 Å². The number of aromatic nitrogens is 1. The number of halogens is 1. The van der Waals surface area contributed by atoms with E-state index in [9.17, 15) is 0 Å². The van der Waals surface area contributed by atoms with Crippen LogP contribution < -0.4 is 4.72 Å². The van der Waals surface area contributed by atoms with Gasteiger partial charge in [-0.15, -0.1) is 11.6 Å². The fourth-order valence-electron chi connectivity index (χ4n) is 2.36. The van der Waals surface area contributed by atoms with Gasteiger partial charge in [0.25, 0.3) is 0 Å². The molecule has 0 aliphatic heterocycles. The highest BCUT2D eigenvalue weighted by atomic mass is 35.5. The Kier molecular flexibility index (Phi) is 4.13. The lowest BCUT2D eigenvalue weighted by Gasteiger charge is -2.09. The van der Waals surface area contributed by atoms with Gasteiger partial charge < -0.3 is 9.71 Å². The van der Waals surface area contributed by atoms with Gasteiger partial charge in [-0.05, 0) is 67.3 Å². The Morgan fingerprint density at radius 1 is 1.10 bits per heavy atom. The molecule has 21 heavy (non-hydrogen) atoms. The van der Waals surface area contributed by atoms with Gasteiger partial charge in [0.2, 0.25) is 0 Å². The largest absolute Gasteiger partial charge is 0.359 e. The van der Waals surface area contributed by atoms with Crippen molar-refractivity contribution in [3.05, 3.63) is 59.3 Å². The molecule has 108 valence electrons. The van der Waals surface area contributed by atoms with E-state index in [0.717, 1.165) is 11.3 Å². The lowest BCUT2D eigenvalue weighted by atomic mass is 10.2. The average Bonchev–Trinajstić information content (AvgIpc) is 2.85. The van der Waals surface area contributed by atoms with E-state index in [0.29, 0.717) is 5.88 Å². The number of anilines is 1. The SMILES string of the molecule is Cc1cc2cc(NSc3ccc(CCl)cc3C)ccc2[nH]1. The molecule has 0 bridgehead atoms. The van der Waals surface area contributed by atoms with Crippen LogP contribution in [0.15, 0.2) is 47.4 Å². The number of H-pyrrole nitrogens is 1. The minimum atomic E-state index is 0.558. The number of hydrogen-bond donors (Lipinski definition) is 2. The third-order valence-electron chi connectivity index (χ3n) is 3.43. The van der Waals surface area contributed by atoms with Gasteiger partial charge in [0.1, 0.15) is 0 Å². The number of rotatable bonds is 4. The lowest BCUT2D eigenvalue weighted by Crippen LogP contribution is -1.90. The van der Waals surface area contributed by atoms with E-state index < -0.39 is 0 Å². The highest BCUT2D eigenvalue weighted by Gasteiger charge is 2.03. The maximum absolute atomic E-state index is 5.86. The Balaban J connectivity index is 1.76. The van der Waals surface area contributed by atoms with Gasteiger partial charge in [0, 0.05) is 33.1 Å². The zero-order valence-corrected chi connectivity index (χ0v) is 13.6. The molecule has 2 aromatic carbocycles. The van der Waals surface area contributed by atoms with E-state index in [2.05, 4.69) is 66.0 Å². The summed E-state index contributed by atoms with van der Waals surface area (Å²) in [6.07, 6.45) is 0. The Morgan fingerprint density at radius 3 is 2.71 bits per heavy atom. The molecule has 4 heteroatoms. The van der Waals surface area contributed by atoms with Crippen molar-refractivity contribution in [2.45, 2.75) is 24.6 Å². The Hall–Kier alpha value is -1.58. The first-order chi connectivity index (χ1) is 10.2. The van der Waals surface area contributed by atoms with Crippen molar-refractivity contribution in [1.29, 1.82) is 0 Å². The second kappa shape index (κ2) is 6.04. The van der Waals surface area contributed by atoms with Gasteiger partial charge >= 0.3 is 0 Å². The summed E-state index contributed by atoms with van der Waals surface area (Å²) in [5, 5.41) is 1.23. The van der Waals surface area contributed by atoms with Crippen molar-refractivity contribution in [3.8, 4) is 0 Å². The molecule has 0 amide bonds. The highest BCUT2D eigenvalue weighted by molar-refractivity contribution is 8.00. The molecular weight excluding hydrogens is 300 g/mol. The van der Waals surface area contributed by atoms with Gasteiger partial charge in [-0.1, -0.05) is 12.1 Å². The van der Waals surface area contributed by atoms with Crippen LogP contribution in [0.1, 0.15) is 16.8 Å². The first-order valence-corrected chi connectivity index (χ1v) is 8.18. The Bertz CT molecular complexity index is 780. The second-order valence-electron chi connectivity index (χ2n) is 5.19. The fraction of sp³-hybridized carbons (Fsp3) is 0.176. The van der Waals surface area contributed by atoms with Crippen LogP contribution in [0.2, 0.25) is 0 Å². The molecule has 0 saturated heterocycles. The number of nitrogens with one attached hydrogen (secondary N) is 2. The van der Waals surface area contributed by atoms with Crippen molar-refractivity contribution in [2.24, 2.45) is 0 Å². The third kappa shape index (κ3) is 3.20. The molecule has 0 atom stereocenters. The summed E-state index contributed by atoms with van der Waals surface area (Å²) in [6, 6.07) is 14.8. The quantitative estimate of drug-likeness (QED) is 0.481. The summed E-state index contributed by atoms with van der Waals surface area (Å²) in [4.78, 5) is 4.55. The van der Waals surface area contributed by atoms with Crippen LogP contribution in [0.25, 0.3) is 10.9 Å². The highest BCUT2D eigenvalue weighted by Crippen LogP contribution is 2.27. The number of aryl methyl sites for hydroxylation is 2. The van der Waals surface area contributed by atoms with E-state index >= 15 is 0 Å². The summed E-state index contributed by atoms with van der Waals surface area (Å²) in [5.74, 6) is 0.558. The van der Waals surface area contributed by atoms with Crippen LogP contribution in [0.5, 0.6) is 0 Å². The molecule has 0 radical (unpaired) electrons. The van der Waals surface area contributed by atoms with Crippen LogP contribution in [0, 0.1) is 13.8 Å². The van der Waals surface area contributed by atoms with E-state index in [1.54, 1.807) is 11.9 Å². The molecule has 0 aliphatic carbocycles. The summed E-state index contributed by atoms with van der Waals surface area (Å²) in [6.45, 7) is 4.18. The minimum Gasteiger partial charge on any atom is -0.359 e. The van der Waals surface area contributed by atoms with Crippen molar-refractivity contribution in [3.63, 3.8) is 0 Å². The molecule has 3 aromatic rings. The zero-order chi connectivity index (χ0) is 14.8. The molecule has 0 unspecified atom stereocenters. The van der Waals surface area contributed by atoms with E-state index in [1.165, 1.54) is 27.1 Å². The van der Waals surface area contributed by atoms with Gasteiger partial charge in [0.15, 0.2) is 0 Å². The molecule has 1 aromatic heterocycles. The van der Waals surface area contributed by atoms with Gasteiger partial charge in [-0.3, -0.25) is 0 Å². The summed E-state index contributed by atoms with van der Waals surface area (Å²) < 4.78 is 3.41. The summed E-state index contributed by atoms with van der Waals surface area (Å²) >= 11 is 7.49. The van der Waals surface area contributed by atoms with Crippen LogP contribution in [0.3, 0.4) is 0 Å². The van der Waals surface area contributed by atoms with Crippen LogP contribution in [-0.2, 0) is 5.88 Å². The molecule has 0 saturated carbocycles. The smallest absolute Gasteiger partial charge is 0.0474 e. The molecule has 0 aliphatic rings. The first-order valence-electron chi connectivity index (χ1n) is 6.83. The standard InChI is InChI=1S/C17H17ClN2S/c1-11-7-13(10-18)3-6-17(11)21-20-15-4-5-16-14(9-15)8-12(2)19-16/h3-9,19-20H,10H2,1-2H3. The predicted molar refractivity (Wildman–Crippen MR) is 93.3 cm³/mol. The molecule has 2 N–H and O–H groups in total. The second-order valence-corrected chi connectivity index (χ2v) is 6.31. The maximum atomic E-state index is 5.86. The number of hydrogen-bond acceptors (Lipinski definition) is 2. The van der Waals surface area contributed by atoms with Crippen molar-refractivity contribution < 1.29 is 0 Å². The molecule has 0 spiro atoms. The Morgan fingerprint density at radius 2 is 1.95 bits per heavy atom. The van der Waals surface area contributed by atoms with E-state index in [4.69, 9.17) is 11.6 Å². The monoisotopic (exact) mass is 316 g/mol. The van der Waals surface area contributed by atoms with Crippen LogP contribution in [-0.4, -0.2) is 4.98 Å². The number of alkyl halides is 1. The van der Waals surface area contributed by atoms with E-state index in [1.807, 2.05) is 0 Å². The van der Waals surface area contributed by atoms with Crippen LogP contribution in [0.4, 0.5) is 5.69 Å². The Labute approximate surface area is 134 Å². The van der Waals surface area contributed by atoms with Crippen molar-refractivity contribution >= 4 is 40.1 Å². The third-order valence-corrected chi connectivity index (χ3v) is 4.75. The topological polar surface area (TPSA) is 27.8 Å². The first kappa shape index (κ1) is 14.4.